The van der Waals surface area contributed by atoms with E-state index in [0.29, 0.717) is 12.7 Å². The van der Waals surface area contributed by atoms with E-state index in [0.717, 1.165) is 12.8 Å². The van der Waals surface area contributed by atoms with Gasteiger partial charge in [-0.3, -0.25) is 8.98 Å². The third-order valence-electron chi connectivity index (χ3n) is 1.38. The summed E-state index contributed by atoms with van der Waals surface area (Å²) in [5.74, 6) is -0.567. The molecular formula is C8H15NaO5S. The number of aldehydes is 1. The topological polar surface area (TPSA) is 69.7 Å². The van der Waals surface area contributed by atoms with Crippen molar-refractivity contribution in [3.05, 3.63) is 0 Å². The van der Waals surface area contributed by atoms with Crippen LogP contribution in [0.5, 0.6) is 0 Å². The van der Waals surface area contributed by atoms with Gasteiger partial charge in [0.05, 0.1) is 0 Å². The van der Waals surface area contributed by atoms with Crippen LogP contribution in [0.2, 0.25) is 0 Å². The number of hydrogen-bond donors (Lipinski definition) is 0. The fourth-order valence-corrected chi connectivity index (χ4v) is 1.19. The van der Waals surface area contributed by atoms with Gasteiger partial charge in [0, 0.05) is 6.42 Å². The van der Waals surface area contributed by atoms with Crippen molar-refractivity contribution in [2.75, 3.05) is 6.61 Å². The average molecular weight is 246 g/mol. The summed E-state index contributed by atoms with van der Waals surface area (Å²) >= 11 is -2.14. The molecule has 0 aromatic heterocycles. The predicted molar refractivity (Wildman–Crippen MR) is 57.5 cm³/mol. The van der Waals surface area contributed by atoms with Gasteiger partial charge in [0.25, 0.3) is 0 Å². The summed E-state index contributed by atoms with van der Waals surface area (Å²) in [5, 5.41) is 0. The molecule has 7 heteroatoms. The standard InChI is InChI=1S/C8H14O5S.Na.H/c1-2-3-4-5-8(10)13-14(11)12-7-6-9;;/h6H,2-5,7H2,1H3;;. The molecule has 0 aliphatic heterocycles. The van der Waals surface area contributed by atoms with E-state index >= 15 is 0 Å². The molecule has 84 valence electrons. The first-order chi connectivity index (χ1) is 6.70. The molecular weight excluding hydrogens is 231 g/mol. The minimum absolute atomic E-state index is 0. The summed E-state index contributed by atoms with van der Waals surface area (Å²) in [6.45, 7) is 1.67. The van der Waals surface area contributed by atoms with Gasteiger partial charge in [-0.05, 0) is 6.42 Å². The molecule has 0 fully saturated rings. The predicted octanol–water partition coefficient (Wildman–Crippen LogP) is 0.256. The number of rotatable bonds is 8. The van der Waals surface area contributed by atoms with Crippen molar-refractivity contribution in [3.63, 3.8) is 0 Å². The van der Waals surface area contributed by atoms with Crippen LogP contribution in [0.3, 0.4) is 0 Å². The zero-order chi connectivity index (χ0) is 10.8. The number of carbonyl (C=O) groups is 2. The second-order valence-electron chi connectivity index (χ2n) is 2.57. The van der Waals surface area contributed by atoms with Gasteiger partial charge in [0.15, 0.2) is 0 Å². The van der Waals surface area contributed by atoms with Crippen LogP contribution in [0.15, 0.2) is 0 Å². The molecule has 1 unspecified atom stereocenters. The van der Waals surface area contributed by atoms with Crippen LogP contribution in [0.1, 0.15) is 32.6 Å². The van der Waals surface area contributed by atoms with E-state index in [1.807, 2.05) is 6.92 Å². The van der Waals surface area contributed by atoms with Gasteiger partial charge < -0.3 is 8.98 Å². The second kappa shape index (κ2) is 12.3. The maximum absolute atomic E-state index is 10.9. The third kappa shape index (κ3) is 12.2. The Morgan fingerprint density at radius 1 is 1.40 bits per heavy atom. The van der Waals surface area contributed by atoms with Crippen molar-refractivity contribution >= 4 is 53.2 Å². The van der Waals surface area contributed by atoms with E-state index in [2.05, 4.69) is 8.37 Å². The summed E-state index contributed by atoms with van der Waals surface area (Å²) < 4.78 is 19.4. The molecule has 0 aliphatic rings. The molecule has 0 aliphatic carbocycles. The van der Waals surface area contributed by atoms with Gasteiger partial charge in [-0.15, -0.1) is 0 Å². The fraction of sp³-hybridized carbons (Fsp3) is 0.750. The van der Waals surface area contributed by atoms with Crippen LogP contribution in [0.4, 0.5) is 0 Å². The molecule has 0 saturated heterocycles. The summed E-state index contributed by atoms with van der Waals surface area (Å²) in [6.07, 6.45) is 3.29. The van der Waals surface area contributed by atoms with Gasteiger partial charge in [-0.1, -0.05) is 19.8 Å². The molecule has 0 rings (SSSR count). The SMILES string of the molecule is CCCCCC(=O)OS(=O)OCC=O.[NaH]. The van der Waals surface area contributed by atoms with Crippen molar-refractivity contribution < 1.29 is 22.2 Å². The van der Waals surface area contributed by atoms with Crippen LogP contribution >= 0.6 is 0 Å². The zero-order valence-corrected chi connectivity index (χ0v) is 8.88. The van der Waals surface area contributed by atoms with E-state index < -0.39 is 17.3 Å². The molecule has 0 aromatic carbocycles. The van der Waals surface area contributed by atoms with Crippen molar-refractivity contribution in [2.24, 2.45) is 0 Å². The molecule has 0 aromatic rings. The number of unbranched alkanes of at least 4 members (excludes halogenated alkanes) is 2. The minimum atomic E-state index is -2.14. The normalized spacial score (nSPS) is 11.3. The number of carbonyl (C=O) groups excluding carboxylic acids is 2. The summed E-state index contributed by atoms with van der Waals surface area (Å²) in [5.41, 5.74) is 0. The van der Waals surface area contributed by atoms with Crippen molar-refractivity contribution in [2.45, 2.75) is 32.6 Å². The molecule has 0 N–H and O–H groups in total. The van der Waals surface area contributed by atoms with Gasteiger partial charge in [0.2, 0.25) is 0 Å². The first kappa shape index (κ1) is 17.6. The first-order valence-electron chi connectivity index (χ1n) is 4.40. The fourth-order valence-electron chi connectivity index (χ4n) is 0.744. The Labute approximate surface area is 114 Å². The summed E-state index contributed by atoms with van der Waals surface area (Å²) in [6, 6.07) is 0. The van der Waals surface area contributed by atoms with E-state index in [9.17, 15) is 13.8 Å². The summed E-state index contributed by atoms with van der Waals surface area (Å²) in [7, 11) is 0. The van der Waals surface area contributed by atoms with E-state index in [-0.39, 0.29) is 42.6 Å². The quantitative estimate of drug-likeness (QED) is 0.349. The first-order valence-corrected chi connectivity index (χ1v) is 5.40. The average Bonchev–Trinajstić information content (AvgIpc) is 2.15. The van der Waals surface area contributed by atoms with Crippen LogP contribution in [0, 0.1) is 0 Å². The second-order valence-corrected chi connectivity index (χ2v) is 3.38. The van der Waals surface area contributed by atoms with Crippen LogP contribution < -0.4 is 0 Å². The Morgan fingerprint density at radius 3 is 2.60 bits per heavy atom. The zero-order valence-electron chi connectivity index (χ0n) is 8.06. The Hall–Kier alpha value is 0.250. The molecule has 0 amide bonds. The van der Waals surface area contributed by atoms with Gasteiger partial charge >= 0.3 is 46.9 Å². The van der Waals surface area contributed by atoms with Crippen LogP contribution in [0.25, 0.3) is 0 Å². The van der Waals surface area contributed by atoms with Crippen molar-refractivity contribution in [1.29, 1.82) is 0 Å². The van der Waals surface area contributed by atoms with Gasteiger partial charge in [-0.2, -0.15) is 4.21 Å². The van der Waals surface area contributed by atoms with E-state index in [1.165, 1.54) is 0 Å². The van der Waals surface area contributed by atoms with Crippen molar-refractivity contribution in [1.82, 2.24) is 0 Å². The van der Waals surface area contributed by atoms with E-state index in [1.54, 1.807) is 0 Å². The molecule has 1 atom stereocenters. The molecule has 0 saturated carbocycles. The Kier molecular flexibility index (Phi) is 14.5. The molecule has 0 heterocycles. The number of hydrogen-bond acceptors (Lipinski definition) is 5. The monoisotopic (exact) mass is 246 g/mol. The molecule has 0 bridgehead atoms. The molecule has 0 radical (unpaired) electrons. The third-order valence-corrected chi connectivity index (χ3v) is 2.03. The van der Waals surface area contributed by atoms with Crippen LogP contribution in [-0.4, -0.2) is 52.6 Å². The van der Waals surface area contributed by atoms with Gasteiger partial charge in [0.1, 0.15) is 12.9 Å². The molecule has 0 spiro atoms. The van der Waals surface area contributed by atoms with E-state index in [4.69, 9.17) is 0 Å². The van der Waals surface area contributed by atoms with Crippen molar-refractivity contribution in [3.8, 4) is 0 Å². The Morgan fingerprint density at radius 2 is 2.07 bits per heavy atom. The van der Waals surface area contributed by atoms with Crippen LogP contribution in [-0.2, 0) is 29.3 Å². The Bertz CT molecular complexity index is 209. The summed E-state index contributed by atoms with van der Waals surface area (Å²) in [4.78, 5) is 20.7. The Balaban J connectivity index is 0. The maximum atomic E-state index is 10.9. The van der Waals surface area contributed by atoms with Gasteiger partial charge in [-0.25, -0.2) is 0 Å². The molecule has 5 nitrogen and oxygen atoms in total. The molecule has 15 heavy (non-hydrogen) atoms.